The van der Waals surface area contributed by atoms with Crippen molar-refractivity contribution in [2.75, 3.05) is 6.54 Å². The third kappa shape index (κ3) is 3.99. The van der Waals surface area contributed by atoms with Crippen molar-refractivity contribution in [3.63, 3.8) is 0 Å². The van der Waals surface area contributed by atoms with Gasteiger partial charge in [0.1, 0.15) is 0 Å². The van der Waals surface area contributed by atoms with E-state index in [1.165, 1.54) is 11.1 Å². The highest BCUT2D eigenvalue weighted by atomic mass is 16.3. The number of carbonyl (C=O) groups is 1. The smallest absolute Gasteiger partial charge is 0.223 e. The highest BCUT2D eigenvalue weighted by Gasteiger charge is 2.44. The first-order valence-corrected chi connectivity index (χ1v) is 8.20. The van der Waals surface area contributed by atoms with Gasteiger partial charge in [0.15, 0.2) is 0 Å². The van der Waals surface area contributed by atoms with E-state index in [2.05, 4.69) is 24.4 Å². The van der Waals surface area contributed by atoms with Gasteiger partial charge >= 0.3 is 0 Å². The number of carbonyl (C=O) groups excluding carboxylic acids is 1. The Morgan fingerprint density at radius 1 is 1.17 bits per heavy atom. The van der Waals surface area contributed by atoms with Crippen LogP contribution < -0.4 is 5.32 Å². The maximum absolute atomic E-state index is 12.2. The maximum Gasteiger partial charge on any atom is 0.223 e. The number of aliphatic hydroxyl groups is 1. The van der Waals surface area contributed by atoms with Gasteiger partial charge in [-0.05, 0) is 36.0 Å². The number of hydrogen-bond acceptors (Lipinski definition) is 2. The molecule has 3 atom stereocenters. The summed E-state index contributed by atoms with van der Waals surface area (Å²) in [5.74, 6) is 0.452. The lowest BCUT2D eigenvalue weighted by Crippen LogP contribution is -2.34. The molecule has 1 aliphatic rings. The van der Waals surface area contributed by atoms with Gasteiger partial charge in [0.2, 0.25) is 5.91 Å². The summed E-state index contributed by atoms with van der Waals surface area (Å²) in [6.07, 6.45) is 0.926. The summed E-state index contributed by atoms with van der Waals surface area (Å²) < 4.78 is 0. The highest BCUT2D eigenvalue weighted by molar-refractivity contribution is 5.83. The molecular weight excluding hydrogens is 286 g/mol. The second-order valence-electron chi connectivity index (χ2n) is 6.39. The lowest BCUT2D eigenvalue weighted by molar-refractivity contribution is -0.122. The summed E-state index contributed by atoms with van der Waals surface area (Å²) in [6, 6.07) is 18.1. The summed E-state index contributed by atoms with van der Waals surface area (Å²) in [5.41, 5.74) is 3.60. The zero-order chi connectivity index (χ0) is 16.2. The van der Waals surface area contributed by atoms with Gasteiger partial charge in [0.05, 0.1) is 6.10 Å². The molecule has 23 heavy (non-hydrogen) atoms. The molecule has 1 aliphatic carbocycles. The Balaban J connectivity index is 1.47. The van der Waals surface area contributed by atoms with Crippen molar-refractivity contribution in [2.24, 2.45) is 5.92 Å². The predicted octanol–water partition coefficient (Wildman–Crippen LogP) is 2.82. The quantitative estimate of drug-likeness (QED) is 0.862. The molecule has 120 valence electrons. The number of aliphatic hydroxyl groups excluding tert-OH is 1. The fourth-order valence-electron chi connectivity index (χ4n) is 3.14. The van der Waals surface area contributed by atoms with E-state index in [1.807, 2.05) is 42.5 Å². The van der Waals surface area contributed by atoms with Crippen molar-refractivity contribution >= 4 is 5.91 Å². The van der Waals surface area contributed by atoms with E-state index in [4.69, 9.17) is 0 Å². The monoisotopic (exact) mass is 309 g/mol. The molecule has 0 spiro atoms. The molecule has 2 N–H and O–H groups in total. The van der Waals surface area contributed by atoms with E-state index in [1.54, 1.807) is 0 Å². The normalized spacial score (nSPS) is 20.8. The summed E-state index contributed by atoms with van der Waals surface area (Å²) in [7, 11) is 0. The van der Waals surface area contributed by atoms with E-state index in [0.717, 1.165) is 12.0 Å². The Hall–Kier alpha value is -2.13. The predicted molar refractivity (Wildman–Crippen MR) is 91.2 cm³/mol. The van der Waals surface area contributed by atoms with E-state index in [0.29, 0.717) is 18.9 Å². The van der Waals surface area contributed by atoms with Crippen LogP contribution in [0.5, 0.6) is 0 Å². The second kappa shape index (κ2) is 6.97. The van der Waals surface area contributed by atoms with Crippen molar-refractivity contribution in [2.45, 2.75) is 31.8 Å². The number of amides is 1. The zero-order valence-electron chi connectivity index (χ0n) is 13.4. The average molecular weight is 309 g/mol. The zero-order valence-corrected chi connectivity index (χ0v) is 13.4. The standard InChI is InChI=1S/C20H23NO2/c1-14-7-5-6-10-17(14)18-12-19(18)20(23)21-13-16(22)11-15-8-3-2-4-9-15/h2-10,16,18-19,22H,11-13H2,1H3,(H,21,23). The first-order chi connectivity index (χ1) is 11.1. The van der Waals surface area contributed by atoms with Crippen LogP contribution in [0.25, 0.3) is 0 Å². The molecule has 1 amide bonds. The van der Waals surface area contributed by atoms with Crippen LogP contribution in [0.1, 0.15) is 29.0 Å². The molecule has 0 bridgehead atoms. The molecule has 0 radical (unpaired) electrons. The van der Waals surface area contributed by atoms with Gasteiger partial charge in [-0.1, -0.05) is 54.6 Å². The van der Waals surface area contributed by atoms with Crippen LogP contribution in [-0.4, -0.2) is 23.7 Å². The van der Waals surface area contributed by atoms with E-state index in [9.17, 15) is 9.90 Å². The van der Waals surface area contributed by atoms with Crippen LogP contribution in [0.4, 0.5) is 0 Å². The molecule has 1 saturated carbocycles. The molecule has 0 heterocycles. The fourth-order valence-corrected chi connectivity index (χ4v) is 3.14. The van der Waals surface area contributed by atoms with Gasteiger partial charge in [0.25, 0.3) is 0 Å². The lowest BCUT2D eigenvalue weighted by atomic mass is 10.0. The molecule has 2 aromatic rings. The first-order valence-electron chi connectivity index (χ1n) is 8.20. The van der Waals surface area contributed by atoms with Crippen molar-refractivity contribution in [1.29, 1.82) is 0 Å². The SMILES string of the molecule is Cc1ccccc1C1CC1C(=O)NCC(O)Cc1ccccc1. The van der Waals surface area contributed by atoms with Crippen molar-refractivity contribution in [3.05, 3.63) is 71.3 Å². The van der Waals surface area contributed by atoms with Crippen LogP contribution in [-0.2, 0) is 11.2 Å². The van der Waals surface area contributed by atoms with Crippen LogP contribution >= 0.6 is 0 Å². The molecule has 3 heteroatoms. The molecule has 0 saturated heterocycles. The number of rotatable bonds is 6. The summed E-state index contributed by atoms with van der Waals surface area (Å²) in [4.78, 5) is 12.2. The van der Waals surface area contributed by atoms with Gasteiger partial charge in [0, 0.05) is 18.9 Å². The summed E-state index contributed by atoms with van der Waals surface area (Å²) >= 11 is 0. The van der Waals surface area contributed by atoms with E-state index >= 15 is 0 Å². The van der Waals surface area contributed by atoms with Gasteiger partial charge in [-0.3, -0.25) is 4.79 Å². The minimum Gasteiger partial charge on any atom is -0.391 e. The first kappa shape index (κ1) is 15.8. The largest absolute Gasteiger partial charge is 0.391 e. The third-order valence-electron chi connectivity index (χ3n) is 4.54. The Labute approximate surface area is 137 Å². The van der Waals surface area contributed by atoms with Crippen molar-refractivity contribution < 1.29 is 9.90 Å². The summed E-state index contributed by atoms with van der Waals surface area (Å²) in [5, 5.41) is 13.0. The molecular formula is C20H23NO2. The van der Waals surface area contributed by atoms with Gasteiger partial charge in [-0.25, -0.2) is 0 Å². The van der Waals surface area contributed by atoms with E-state index in [-0.39, 0.29) is 11.8 Å². The number of aryl methyl sites for hydroxylation is 1. The minimum atomic E-state index is -0.544. The highest BCUT2D eigenvalue weighted by Crippen LogP contribution is 2.48. The molecule has 2 aromatic carbocycles. The molecule has 3 rings (SSSR count). The maximum atomic E-state index is 12.2. The number of hydrogen-bond donors (Lipinski definition) is 2. The van der Waals surface area contributed by atoms with Gasteiger partial charge in [-0.15, -0.1) is 0 Å². The van der Waals surface area contributed by atoms with Gasteiger partial charge in [-0.2, -0.15) is 0 Å². The Bertz CT molecular complexity index is 668. The Morgan fingerprint density at radius 3 is 2.61 bits per heavy atom. The molecule has 0 aromatic heterocycles. The molecule has 3 nitrogen and oxygen atoms in total. The third-order valence-corrected chi connectivity index (χ3v) is 4.54. The number of nitrogens with one attached hydrogen (secondary N) is 1. The van der Waals surface area contributed by atoms with Crippen LogP contribution in [0, 0.1) is 12.8 Å². The van der Waals surface area contributed by atoms with Crippen LogP contribution in [0.3, 0.4) is 0 Å². The van der Waals surface area contributed by atoms with E-state index < -0.39 is 6.10 Å². The number of benzene rings is 2. The average Bonchev–Trinajstić information content (AvgIpc) is 3.34. The van der Waals surface area contributed by atoms with Crippen molar-refractivity contribution in [3.8, 4) is 0 Å². The van der Waals surface area contributed by atoms with Crippen LogP contribution in [0.2, 0.25) is 0 Å². The molecule has 0 aliphatic heterocycles. The fraction of sp³-hybridized carbons (Fsp3) is 0.350. The molecule has 1 fully saturated rings. The Kier molecular flexibility index (Phi) is 4.77. The van der Waals surface area contributed by atoms with Crippen molar-refractivity contribution in [1.82, 2.24) is 5.32 Å². The topological polar surface area (TPSA) is 49.3 Å². The Morgan fingerprint density at radius 2 is 1.87 bits per heavy atom. The summed E-state index contributed by atoms with van der Waals surface area (Å²) in [6.45, 7) is 2.40. The molecule has 3 unspecified atom stereocenters. The minimum absolute atomic E-state index is 0.0556. The van der Waals surface area contributed by atoms with Gasteiger partial charge < -0.3 is 10.4 Å². The van der Waals surface area contributed by atoms with Crippen LogP contribution in [0.15, 0.2) is 54.6 Å². The lowest BCUT2D eigenvalue weighted by Gasteiger charge is -2.12. The second-order valence-corrected chi connectivity index (χ2v) is 6.39.